The maximum atomic E-state index is 6.17. The molecule has 0 aliphatic carbocycles. The van der Waals surface area contributed by atoms with Gasteiger partial charge in [0.25, 0.3) is 0 Å². The van der Waals surface area contributed by atoms with E-state index in [4.69, 9.17) is 23.8 Å². The number of aromatic nitrogens is 3. The van der Waals surface area contributed by atoms with E-state index in [0.717, 1.165) is 16.8 Å². The minimum atomic E-state index is 0.439. The Bertz CT molecular complexity index is 906. The van der Waals surface area contributed by atoms with Crippen LogP contribution >= 0.6 is 23.8 Å². The molecule has 0 saturated carbocycles. The first-order valence-corrected chi connectivity index (χ1v) is 8.58. The first kappa shape index (κ1) is 17.4. The van der Waals surface area contributed by atoms with Crippen molar-refractivity contribution in [1.29, 1.82) is 0 Å². The van der Waals surface area contributed by atoms with Crippen molar-refractivity contribution in [3.63, 3.8) is 0 Å². The molecule has 3 rings (SSSR count). The third kappa shape index (κ3) is 4.55. The Balaban J connectivity index is 1.63. The average Bonchev–Trinajstić information content (AvgIpc) is 2.99. The molecular formula is C18H18ClN5S. The SMILES string of the molecule is Cc1ccc(NC(=S)Nc2ncn(Cc3ccccc3Cl)n2)c(C)c1. The lowest BCUT2D eigenvalue weighted by molar-refractivity contribution is 0.687. The molecule has 25 heavy (non-hydrogen) atoms. The van der Waals surface area contributed by atoms with Gasteiger partial charge in [-0.1, -0.05) is 47.5 Å². The Kier molecular flexibility index (Phi) is 5.31. The molecule has 0 bridgehead atoms. The smallest absolute Gasteiger partial charge is 0.248 e. The zero-order chi connectivity index (χ0) is 17.8. The summed E-state index contributed by atoms with van der Waals surface area (Å²) in [4.78, 5) is 4.23. The maximum absolute atomic E-state index is 6.17. The molecule has 0 radical (unpaired) electrons. The molecule has 0 aliphatic heterocycles. The van der Waals surface area contributed by atoms with E-state index in [1.807, 2.05) is 43.3 Å². The minimum absolute atomic E-state index is 0.439. The van der Waals surface area contributed by atoms with Crippen LogP contribution in [0.2, 0.25) is 5.02 Å². The number of aryl methyl sites for hydroxylation is 2. The van der Waals surface area contributed by atoms with Crippen molar-refractivity contribution >= 4 is 40.6 Å². The van der Waals surface area contributed by atoms with Gasteiger partial charge >= 0.3 is 0 Å². The Morgan fingerprint density at radius 1 is 1.16 bits per heavy atom. The number of rotatable bonds is 4. The standard InChI is InChI=1S/C18H18ClN5S/c1-12-7-8-16(13(2)9-12)21-18(25)22-17-20-11-24(23-17)10-14-5-3-4-6-15(14)19/h3-9,11H,10H2,1-2H3,(H2,21,22,23,25). The quantitative estimate of drug-likeness (QED) is 0.665. The van der Waals surface area contributed by atoms with Gasteiger partial charge in [0.2, 0.25) is 5.95 Å². The van der Waals surface area contributed by atoms with Crippen LogP contribution in [-0.2, 0) is 6.54 Å². The third-order valence-corrected chi connectivity index (χ3v) is 4.25. The van der Waals surface area contributed by atoms with Crippen LogP contribution in [0.3, 0.4) is 0 Å². The number of hydrogen-bond donors (Lipinski definition) is 2. The van der Waals surface area contributed by atoms with Crippen LogP contribution in [0.4, 0.5) is 11.6 Å². The van der Waals surface area contributed by atoms with E-state index in [0.29, 0.717) is 22.6 Å². The van der Waals surface area contributed by atoms with Gasteiger partial charge in [-0.05, 0) is 49.3 Å². The normalized spacial score (nSPS) is 10.5. The molecule has 3 aromatic rings. The predicted octanol–water partition coefficient (Wildman–Crippen LogP) is 4.41. The summed E-state index contributed by atoms with van der Waals surface area (Å²) >= 11 is 11.5. The Morgan fingerprint density at radius 3 is 2.72 bits per heavy atom. The fraction of sp³-hybridized carbons (Fsp3) is 0.167. The average molecular weight is 372 g/mol. The van der Waals surface area contributed by atoms with Crippen LogP contribution in [0.15, 0.2) is 48.8 Å². The van der Waals surface area contributed by atoms with E-state index in [2.05, 4.69) is 33.7 Å². The molecule has 2 aromatic carbocycles. The molecule has 0 aliphatic rings. The molecular weight excluding hydrogens is 354 g/mol. The van der Waals surface area contributed by atoms with Crippen molar-refractivity contribution in [2.24, 2.45) is 0 Å². The molecule has 1 heterocycles. The summed E-state index contributed by atoms with van der Waals surface area (Å²) < 4.78 is 1.71. The molecule has 0 saturated heterocycles. The van der Waals surface area contributed by atoms with Crippen molar-refractivity contribution in [1.82, 2.24) is 14.8 Å². The van der Waals surface area contributed by atoms with Crippen LogP contribution in [0, 0.1) is 13.8 Å². The molecule has 0 unspecified atom stereocenters. The van der Waals surface area contributed by atoms with Crippen molar-refractivity contribution < 1.29 is 0 Å². The molecule has 7 heteroatoms. The fourth-order valence-corrected chi connectivity index (χ4v) is 2.83. The van der Waals surface area contributed by atoms with Gasteiger partial charge in [0.15, 0.2) is 5.11 Å². The topological polar surface area (TPSA) is 54.8 Å². The first-order chi connectivity index (χ1) is 12.0. The van der Waals surface area contributed by atoms with E-state index in [1.165, 1.54) is 5.56 Å². The largest absolute Gasteiger partial charge is 0.332 e. The second-order valence-corrected chi connectivity index (χ2v) is 6.57. The van der Waals surface area contributed by atoms with E-state index >= 15 is 0 Å². The molecule has 0 fully saturated rings. The van der Waals surface area contributed by atoms with Gasteiger partial charge in [0, 0.05) is 10.7 Å². The van der Waals surface area contributed by atoms with E-state index < -0.39 is 0 Å². The Hall–Kier alpha value is -2.44. The van der Waals surface area contributed by atoms with Gasteiger partial charge in [-0.3, -0.25) is 5.32 Å². The van der Waals surface area contributed by atoms with Crippen LogP contribution in [0.5, 0.6) is 0 Å². The van der Waals surface area contributed by atoms with Crippen LogP contribution in [0.1, 0.15) is 16.7 Å². The highest BCUT2D eigenvalue weighted by Crippen LogP contribution is 2.17. The minimum Gasteiger partial charge on any atom is -0.332 e. The molecule has 1 aromatic heterocycles. The van der Waals surface area contributed by atoms with Crippen molar-refractivity contribution in [3.8, 4) is 0 Å². The summed E-state index contributed by atoms with van der Waals surface area (Å²) in [5, 5.41) is 11.7. The van der Waals surface area contributed by atoms with E-state index in [-0.39, 0.29) is 0 Å². The highest BCUT2D eigenvalue weighted by Gasteiger charge is 2.07. The summed E-state index contributed by atoms with van der Waals surface area (Å²) in [6, 6.07) is 13.8. The Labute approximate surface area is 157 Å². The summed E-state index contributed by atoms with van der Waals surface area (Å²) in [5.74, 6) is 0.439. The van der Waals surface area contributed by atoms with Gasteiger partial charge in [-0.2, -0.15) is 0 Å². The fourth-order valence-electron chi connectivity index (χ4n) is 2.44. The zero-order valence-corrected chi connectivity index (χ0v) is 15.5. The number of nitrogens with one attached hydrogen (secondary N) is 2. The van der Waals surface area contributed by atoms with Crippen LogP contribution < -0.4 is 10.6 Å². The van der Waals surface area contributed by atoms with Crippen LogP contribution in [-0.4, -0.2) is 19.9 Å². The summed E-state index contributed by atoms with van der Waals surface area (Å²) in [5.41, 5.74) is 4.28. The summed E-state index contributed by atoms with van der Waals surface area (Å²) in [6.07, 6.45) is 1.64. The summed E-state index contributed by atoms with van der Waals surface area (Å²) in [6.45, 7) is 4.64. The van der Waals surface area contributed by atoms with Crippen molar-refractivity contribution in [2.75, 3.05) is 10.6 Å². The highest BCUT2D eigenvalue weighted by molar-refractivity contribution is 7.80. The molecule has 5 nitrogen and oxygen atoms in total. The van der Waals surface area contributed by atoms with Gasteiger partial charge in [-0.15, -0.1) is 5.10 Å². The van der Waals surface area contributed by atoms with E-state index in [1.54, 1.807) is 11.0 Å². The predicted molar refractivity (Wildman–Crippen MR) is 106 cm³/mol. The van der Waals surface area contributed by atoms with Gasteiger partial charge in [-0.25, -0.2) is 9.67 Å². The second-order valence-electron chi connectivity index (χ2n) is 5.75. The lowest BCUT2D eigenvalue weighted by atomic mass is 10.1. The molecule has 128 valence electrons. The zero-order valence-electron chi connectivity index (χ0n) is 14.0. The number of benzene rings is 2. The molecule has 0 amide bonds. The van der Waals surface area contributed by atoms with Crippen LogP contribution in [0.25, 0.3) is 0 Å². The first-order valence-electron chi connectivity index (χ1n) is 7.79. The molecule has 0 spiro atoms. The lowest BCUT2D eigenvalue weighted by Gasteiger charge is -2.11. The number of hydrogen-bond acceptors (Lipinski definition) is 3. The number of thiocarbonyl (C=S) groups is 1. The summed E-state index contributed by atoms with van der Waals surface area (Å²) in [7, 11) is 0. The third-order valence-electron chi connectivity index (χ3n) is 3.68. The highest BCUT2D eigenvalue weighted by atomic mass is 35.5. The number of anilines is 2. The van der Waals surface area contributed by atoms with Crippen molar-refractivity contribution in [3.05, 3.63) is 70.5 Å². The van der Waals surface area contributed by atoms with Gasteiger partial charge in [0.1, 0.15) is 6.33 Å². The number of halogens is 1. The Morgan fingerprint density at radius 2 is 1.96 bits per heavy atom. The number of nitrogens with zero attached hydrogens (tertiary/aromatic N) is 3. The molecule has 0 atom stereocenters. The monoisotopic (exact) mass is 371 g/mol. The lowest BCUT2D eigenvalue weighted by Crippen LogP contribution is -2.20. The van der Waals surface area contributed by atoms with E-state index in [9.17, 15) is 0 Å². The molecule has 2 N–H and O–H groups in total. The van der Waals surface area contributed by atoms with Gasteiger partial charge in [0.05, 0.1) is 6.54 Å². The second kappa shape index (κ2) is 7.63. The maximum Gasteiger partial charge on any atom is 0.248 e. The van der Waals surface area contributed by atoms with Crippen molar-refractivity contribution in [2.45, 2.75) is 20.4 Å². The van der Waals surface area contributed by atoms with Gasteiger partial charge < -0.3 is 5.32 Å².